The molecule has 0 fully saturated rings. The molecule has 1 rings (SSSR count). The van der Waals surface area contributed by atoms with Gasteiger partial charge in [0.2, 0.25) is 6.10 Å². The third-order valence-corrected chi connectivity index (χ3v) is 3.94. The number of hydrogen-bond acceptors (Lipinski definition) is 4. The highest BCUT2D eigenvalue weighted by Crippen LogP contribution is 2.36. The molecular weight excluding hydrogens is 361 g/mol. The molecule has 0 aliphatic rings. The second-order valence-electron chi connectivity index (χ2n) is 6.31. The van der Waals surface area contributed by atoms with E-state index in [1.54, 1.807) is 6.07 Å². The molecule has 1 aromatic rings. The highest BCUT2D eigenvalue weighted by atomic mass is 19.4. The molecule has 0 amide bonds. The number of unbranched alkanes of at least 4 members (excludes halogenated alkanes) is 5. The van der Waals surface area contributed by atoms with Crippen molar-refractivity contribution in [2.24, 2.45) is 0 Å². The Labute approximate surface area is 158 Å². The monoisotopic (exact) mass is 388 g/mol. The van der Waals surface area contributed by atoms with Crippen LogP contribution in [0.5, 0.6) is 0 Å². The second-order valence-corrected chi connectivity index (χ2v) is 6.31. The molecule has 0 aromatic heterocycles. The number of halogens is 3. The van der Waals surface area contributed by atoms with Crippen LogP contribution in [0.1, 0.15) is 70.0 Å². The number of rotatable bonds is 12. The summed E-state index contributed by atoms with van der Waals surface area (Å²) in [4.78, 5) is 23.3. The van der Waals surface area contributed by atoms with Gasteiger partial charge in [-0.05, 0) is 6.42 Å². The highest BCUT2D eigenvalue weighted by Gasteiger charge is 2.43. The standard InChI is InChI=1S/C20H27F3O4/c1-2-3-4-5-6-10-15-26-17(24)13-14-18(25)27-19(20(21,22)23)16-11-8-7-9-12-16/h7-9,11-12,19H,2-6,10,13-15H2,1H3. The van der Waals surface area contributed by atoms with Gasteiger partial charge in [-0.3, -0.25) is 9.59 Å². The largest absolute Gasteiger partial charge is 0.466 e. The molecule has 0 spiro atoms. The molecular formula is C20H27F3O4. The number of benzene rings is 1. The van der Waals surface area contributed by atoms with Gasteiger partial charge in [0.05, 0.1) is 19.4 Å². The van der Waals surface area contributed by atoms with E-state index in [1.807, 2.05) is 0 Å². The molecule has 0 N–H and O–H groups in total. The van der Waals surface area contributed by atoms with Gasteiger partial charge in [-0.2, -0.15) is 13.2 Å². The zero-order valence-electron chi connectivity index (χ0n) is 15.6. The van der Waals surface area contributed by atoms with Crippen LogP contribution in [0.15, 0.2) is 30.3 Å². The Morgan fingerprint density at radius 3 is 2.15 bits per heavy atom. The summed E-state index contributed by atoms with van der Waals surface area (Å²) in [6.07, 6.45) is -1.55. The first-order valence-electron chi connectivity index (χ1n) is 9.31. The summed E-state index contributed by atoms with van der Waals surface area (Å²) in [6.45, 7) is 2.39. The molecule has 4 nitrogen and oxygen atoms in total. The van der Waals surface area contributed by atoms with Crippen molar-refractivity contribution in [2.75, 3.05) is 6.61 Å². The third kappa shape index (κ3) is 10.0. The summed E-state index contributed by atoms with van der Waals surface area (Å²) in [5.74, 6) is -1.69. The van der Waals surface area contributed by atoms with E-state index < -0.39 is 30.6 Å². The van der Waals surface area contributed by atoms with E-state index >= 15 is 0 Å². The van der Waals surface area contributed by atoms with Gasteiger partial charge >= 0.3 is 18.1 Å². The van der Waals surface area contributed by atoms with Crippen molar-refractivity contribution < 1.29 is 32.2 Å². The van der Waals surface area contributed by atoms with E-state index in [1.165, 1.54) is 30.7 Å². The van der Waals surface area contributed by atoms with E-state index in [0.717, 1.165) is 32.1 Å². The predicted octanol–water partition coefficient (Wildman–Crippen LogP) is 5.52. The van der Waals surface area contributed by atoms with Gasteiger partial charge in [0.15, 0.2) is 0 Å². The van der Waals surface area contributed by atoms with Crippen LogP contribution in [0.2, 0.25) is 0 Å². The van der Waals surface area contributed by atoms with E-state index in [4.69, 9.17) is 4.74 Å². The smallest absolute Gasteiger partial charge is 0.429 e. The second kappa shape index (κ2) is 12.4. The molecule has 1 atom stereocenters. The highest BCUT2D eigenvalue weighted by molar-refractivity contribution is 5.77. The Balaban J connectivity index is 2.31. The molecule has 0 aliphatic heterocycles. The maximum Gasteiger partial charge on any atom is 0.429 e. The Morgan fingerprint density at radius 2 is 1.52 bits per heavy atom. The molecule has 0 radical (unpaired) electrons. The molecule has 0 saturated carbocycles. The van der Waals surface area contributed by atoms with Crippen molar-refractivity contribution in [3.8, 4) is 0 Å². The summed E-state index contributed by atoms with van der Waals surface area (Å²) in [6, 6.07) is 6.90. The van der Waals surface area contributed by atoms with Crippen molar-refractivity contribution in [1.82, 2.24) is 0 Å². The van der Waals surface area contributed by atoms with Gasteiger partial charge in [0.25, 0.3) is 0 Å². The fourth-order valence-corrected chi connectivity index (χ4v) is 2.49. The topological polar surface area (TPSA) is 52.6 Å². The SMILES string of the molecule is CCCCCCCCOC(=O)CCC(=O)OC(c1ccccc1)C(F)(F)F. The summed E-state index contributed by atoms with van der Waals surface area (Å²) in [5, 5.41) is 0. The lowest BCUT2D eigenvalue weighted by Gasteiger charge is -2.21. The van der Waals surface area contributed by atoms with Gasteiger partial charge in [-0.25, -0.2) is 0 Å². The van der Waals surface area contributed by atoms with Gasteiger partial charge < -0.3 is 9.47 Å². The van der Waals surface area contributed by atoms with Crippen LogP contribution in [-0.2, 0) is 19.1 Å². The maximum atomic E-state index is 13.1. The van der Waals surface area contributed by atoms with Crippen molar-refractivity contribution in [3.63, 3.8) is 0 Å². The van der Waals surface area contributed by atoms with Crippen molar-refractivity contribution in [1.29, 1.82) is 0 Å². The fraction of sp³-hybridized carbons (Fsp3) is 0.600. The molecule has 0 saturated heterocycles. The first kappa shape index (κ1) is 23.0. The minimum atomic E-state index is -4.73. The van der Waals surface area contributed by atoms with Crippen LogP contribution < -0.4 is 0 Å². The van der Waals surface area contributed by atoms with Crippen LogP contribution in [0, 0.1) is 0 Å². The van der Waals surface area contributed by atoms with Gasteiger partial charge in [-0.1, -0.05) is 69.4 Å². The lowest BCUT2D eigenvalue weighted by Crippen LogP contribution is -2.26. The first-order chi connectivity index (χ1) is 12.8. The van der Waals surface area contributed by atoms with Crippen molar-refractivity contribution >= 4 is 11.9 Å². The van der Waals surface area contributed by atoms with E-state index in [2.05, 4.69) is 11.7 Å². The number of ether oxygens (including phenoxy) is 2. The average Bonchev–Trinajstić information content (AvgIpc) is 2.63. The molecule has 0 aliphatic carbocycles. The Morgan fingerprint density at radius 1 is 0.926 bits per heavy atom. The number of esters is 2. The summed E-state index contributed by atoms with van der Waals surface area (Å²) in [5.41, 5.74) is -0.163. The van der Waals surface area contributed by atoms with Crippen LogP contribution in [0.3, 0.4) is 0 Å². The van der Waals surface area contributed by atoms with Crippen LogP contribution >= 0.6 is 0 Å². The van der Waals surface area contributed by atoms with E-state index in [9.17, 15) is 22.8 Å². The quantitative estimate of drug-likeness (QED) is 0.350. The van der Waals surface area contributed by atoms with Gasteiger partial charge in [-0.15, -0.1) is 0 Å². The summed E-state index contributed by atoms with van der Waals surface area (Å²) in [7, 11) is 0. The summed E-state index contributed by atoms with van der Waals surface area (Å²) < 4.78 is 48.9. The zero-order valence-corrected chi connectivity index (χ0v) is 15.6. The molecule has 7 heteroatoms. The van der Waals surface area contributed by atoms with Crippen LogP contribution in [0.25, 0.3) is 0 Å². The Kier molecular flexibility index (Phi) is 10.5. The normalized spacial score (nSPS) is 12.4. The molecule has 27 heavy (non-hydrogen) atoms. The molecule has 0 bridgehead atoms. The predicted molar refractivity (Wildman–Crippen MR) is 94.9 cm³/mol. The number of hydrogen-bond donors (Lipinski definition) is 0. The molecule has 0 heterocycles. The summed E-state index contributed by atoms with van der Waals surface area (Å²) >= 11 is 0. The maximum absolute atomic E-state index is 13.1. The molecule has 1 unspecified atom stereocenters. The molecule has 152 valence electrons. The number of alkyl halides is 3. The van der Waals surface area contributed by atoms with Crippen molar-refractivity contribution in [2.45, 2.75) is 70.6 Å². The van der Waals surface area contributed by atoms with Crippen LogP contribution in [0.4, 0.5) is 13.2 Å². The van der Waals surface area contributed by atoms with Gasteiger partial charge in [0, 0.05) is 5.56 Å². The van der Waals surface area contributed by atoms with Crippen molar-refractivity contribution in [3.05, 3.63) is 35.9 Å². The minimum Gasteiger partial charge on any atom is -0.466 e. The Bertz CT molecular complexity index is 558. The third-order valence-electron chi connectivity index (χ3n) is 3.94. The average molecular weight is 388 g/mol. The van der Waals surface area contributed by atoms with E-state index in [0.29, 0.717) is 0 Å². The van der Waals surface area contributed by atoms with E-state index in [-0.39, 0.29) is 18.6 Å². The molecule has 1 aromatic carbocycles. The fourth-order valence-electron chi connectivity index (χ4n) is 2.49. The van der Waals surface area contributed by atoms with Crippen LogP contribution in [-0.4, -0.2) is 24.7 Å². The minimum absolute atomic E-state index is 0.163. The number of carbonyl (C=O) groups is 2. The van der Waals surface area contributed by atoms with Gasteiger partial charge in [0.1, 0.15) is 0 Å². The lowest BCUT2D eigenvalue weighted by molar-refractivity contribution is -0.224. The lowest BCUT2D eigenvalue weighted by atomic mass is 10.1. The zero-order chi connectivity index (χ0) is 20.1. The Hall–Kier alpha value is -2.05. The number of carbonyl (C=O) groups excluding carboxylic acids is 2. The first-order valence-corrected chi connectivity index (χ1v) is 9.31.